The minimum Gasteiger partial charge on any atom is -0.504 e. The number of aliphatic hydroxyl groups is 6. The topological polar surface area (TPSA) is 268 Å². The lowest BCUT2D eigenvalue weighted by molar-refractivity contribution is -0.318. The van der Waals surface area contributed by atoms with Crippen molar-refractivity contribution in [2.45, 2.75) is 68.3 Å². The number of aliphatic hydroxyl groups excluding tert-OH is 6. The largest absolute Gasteiger partial charge is 0.504 e. The highest BCUT2D eigenvalue weighted by Crippen LogP contribution is 2.45. The van der Waals surface area contributed by atoms with E-state index < -0.39 is 96.1 Å². The molecular weight excluding hydrogens is 620 g/mol. The highest BCUT2D eigenvalue weighted by atomic mass is 16.7. The van der Waals surface area contributed by atoms with Crippen LogP contribution >= 0.6 is 0 Å². The third kappa shape index (κ3) is 5.88. The molecule has 1 aromatic heterocycles. The Bertz CT molecular complexity index is 1620. The van der Waals surface area contributed by atoms with E-state index in [1.54, 1.807) is 0 Å². The standard InChI is InChI=1S/C29H34O17/c1-9-17(31)21(35)24(38)28(43-9)42-8-15-18(32)22(36)25(39)29(46-15)45-14-7-13-16(20(34)27(14)41-3)19(33)23(37)26(44-13)10-4-5-11(30)12(6-10)40-2/h4-7,9,15,17-18,21-22,24-25,28-32,34-39H,8H2,1-3H3/t9-,15-,17-,18-,21+,22+,24+,25-,28+,29-/m0/s1. The van der Waals surface area contributed by atoms with Crippen molar-refractivity contribution in [3.63, 3.8) is 0 Å². The maximum absolute atomic E-state index is 13.1. The van der Waals surface area contributed by atoms with Crippen LogP contribution in [0.3, 0.4) is 0 Å². The first kappa shape index (κ1) is 33.5. The summed E-state index contributed by atoms with van der Waals surface area (Å²) in [7, 11) is 2.42. The van der Waals surface area contributed by atoms with Crippen LogP contribution in [0.25, 0.3) is 22.3 Å². The van der Waals surface area contributed by atoms with Crippen LogP contribution in [-0.4, -0.2) is 128 Å². The molecule has 10 atom stereocenters. The van der Waals surface area contributed by atoms with Crippen molar-refractivity contribution in [3.8, 4) is 45.8 Å². The van der Waals surface area contributed by atoms with E-state index in [0.29, 0.717) is 0 Å². The van der Waals surface area contributed by atoms with Gasteiger partial charge >= 0.3 is 0 Å². The number of benzene rings is 2. The maximum Gasteiger partial charge on any atom is 0.238 e. The van der Waals surface area contributed by atoms with Crippen LogP contribution in [0, 0.1) is 0 Å². The van der Waals surface area contributed by atoms with Crippen molar-refractivity contribution in [2.75, 3.05) is 20.8 Å². The number of hydrogen-bond acceptors (Lipinski definition) is 17. The summed E-state index contributed by atoms with van der Waals surface area (Å²) in [5, 5.41) is 92.9. The average Bonchev–Trinajstić information content (AvgIpc) is 3.03. The SMILES string of the molecule is COc1cc(-c2oc3cc(O[C@H]4O[C@@H](CO[C@@H]5O[C@@H](C)[C@H](O)[C@@H](O)[C@H]5O)[C@H](O)[C@@H](O)[C@@H]4O)c(OC)c(O)c3c(=O)c2O)ccc1O. The lowest BCUT2D eigenvalue weighted by Gasteiger charge is -2.42. The fourth-order valence-electron chi connectivity index (χ4n) is 5.20. The predicted octanol–water partition coefficient (Wildman–Crippen LogP) is -1.38. The Morgan fingerprint density at radius 1 is 0.761 bits per heavy atom. The molecule has 0 aliphatic carbocycles. The zero-order valence-corrected chi connectivity index (χ0v) is 24.6. The van der Waals surface area contributed by atoms with Crippen molar-refractivity contribution in [2.24, 2.45) is 0 Å². The molecule has 2 aliphatic rings. The van der Waals surface area contributed by atoms with Gasteiger partial charge in [-0.3, -0.25) is 4.79 Å². The second kappa shape index (κ2) is 13.1. The van der Waals surface area contributed by atoms with Crippen molar-refractivity contribution in [1.29, 1.82) is 0 Å². The number of ether oxygens (including phenoxy) is 6. The highest BCUT2D eigenvalue weighted by molar-refractivity contribution is 5.91. The number of rotatable bonds is 8. The van der Waals surface area contributed by atoms with E-state index in [0.717, 1.165) is 13.2 Å². The highest BCUT2D eigenvalue weighted by Gasteiger charge is 2.47. The molecule has 5 rings (SSSR count). The van der Waals surface area contributed by atoms with Gasteiger partial charge in [-0.1, -0.05) is 0 Å². The average molecular weight is 655 g/mol. The third-order valence-electron chi connectivity index (χ3n) is 7.84. The van der Waals surface area contributed by atoms with Gasteiger partial charge in [0, 0.05) is 11.6 Å². The lowest BCUT2D eigenvalue weighted by Crippen LogP contribution is -2.61. The van der Waals surface area contributed by atoms with Crippen LogP contribution in [-0.2, 0) is 14.2 Å². The summed E-state index contributed by atoms with van der Waals surface area (Å²) in [5.41, 5.74) is -1.24. The summed E-state index contributed by atoms with van der Waals surface area (Å²) >= 11 is 0. The molecule has 0 spiro atoms. The fraction of sp³-hybridized carbons (Fsp3) is 0.483. The van der Waals surface area contributed by atoms with Crippen LogP contribution in [0.5, 0.6) is 34.5 Å². The van der Waals surface area contributed by atoms with Gasteiger partial charge < -0.3 is 78.8 Å². The van der Waals surface area contributed by atoms with Gasteiger partial charge in [0.15, 0.2) is 35.0 Å². The van der Waals surface area contributed by atoms with Gasteiger partial charge in [-0.2, -0.15) is 0 Å². The summed E-state index contributed by atoms with van der Waals surface area (Å²) in [6.07, 6.45) is -15.7. The third-order valence-corrected chi connectivity index (χ3v) is 7.84. The molecule has 17 nitrogen and oxygen atoms in total. The molecule has 2 aromatic carbocycles. The number of methoxy groups -OCH3 is 2. The van der Waals surface area contributed by atoms with Crippen molar-refractivity contribution in [3.05, 3.63) is 34.5 Å². The summed E-state index contributed by atoms with van der Waals surface area (Å²) in [4.78, 5) is 13.1. The van der Waals surface area contributed by atoms with Crippen LogP contribution in [0.2, 0.25) is 0 Å². The van der Waals surface area contributed by atoms with Gasteiger partial charge in [0.05, 0.1) is 26.9 Å². The second-order valence-electron chi connectivity index (χ2n) is 10.8. The van der Waals surface area contributed by atoms with Gasteiger partial charge in [-0.05, 0) is 25.1 Å². The van der Waals surface area contributed by atoms with E-state index in [9.17, 15) is 50.8 Å². The predicted molar refractivity (Wildman–Crippen MR) is 152 cm³/mol. The number of phenolic OH excluding ortho intramolecular Hbond substituents is 2. The van der Waals surface area contributed by atoms with Gasteiger partial charge in [-0.15, -0.1) is 0 Å². The molecular formula is C29H34O17. The van der Waals surface area contributed by atoms with E-state index in [1.165, 1.54) is 32.2 Å². The Hall–Kier alpha value is -3.91. The summed E-state index contributed by atoms with van der Waals surface area (Å²) in [6.45, 7) is 0.877. The van der Waals surface area contributed by atoms with Gasteiger partial charge in [0.25, 0.3) is 0 Å². The molecule has 252 valence electrons. The van der Waals surface area contributed by atoms with Crippen LogP contribution < -0.4 is 19.6 Å². The van der Waals surface area contributed by atoms with E-state index in [1.807, 2.05) is 0 Å². The van der Waals surface area contributed by atoms with Crippen LogP contribution in [0.15, 0.2) is 33.5 Å². The first-order chi connectivity index (χ1) is 21.8. The molecule has 2 aliphatic heterocycles. The molecule has 9 N–H and O–H groups in total. The minimum atomic E-state index is -1.88. The molecule has 0 unspecified atom stereocenters. The Morgan fingerprint density at radius 3 is 2.11 bits per heavy atom. The van der Waals surface area contributed by atoms with Gasteiger partial charge in [0.1, 0.15) is 53.7 Å². The molecule has 2 fully saturated rings. The molecule has 17 heteroatoms. The molecule has 3 aromatic rings. The number of aromatic hydroxyl groups is 3. The molecule has 3 heterocycles. The zero-order valence-electron chi connectivity index (χ0n) is 24.6. The van der Waals surface area contributed by atoms with Crippen LogP contribution in [0.1, 0.15) is 6.92 Å². The molecule has 0 amide bonds. The molecule has 0 saturated carbocycles. The Kier molecular flexibility index (Phi) is 9.50. The van der Waals surface area contributed by atoms with Crippen LogP contribution in [0.4, 0.5) is 0 Å². The number of hydrogen-bond donors (Lipinski definition) is 9. The van der Waals surface area contributed by atoms with E-state index in [2.05, 4.69) is 0 Å². The minimum absolute atomic E-state index is 0.0109. The maximum atomic E-state index is 13.1. The van der Waals surface area contributed by atoms with Crippen molar-refractivity contribution < 1.29 is 78.8 Å². The van der Waals surface area contributed by atoms with E-state index >= 15 is 0 Å². The first-order valence-electron chi connectivity index (χ1n) is 13.9. The monoisotopic (exact) mass is 654 g/mol. The summed E-state index contributed by atoms with van der Waals surface area (Å²) in [6, 6.07) is 4.97. The smallest absolute Gasteiger partial charge is 0.238 e. The van der Waals surface area contributed by atoms with E-state index in [4.69, 9.17) is 32.8 Å². The quantitative estimate of drug-likeness (QED) is 0.135. The normalized spacial score (nSPS) is 31.5. The Morgan fingerprint density at radius 2 is 1.43 bits per heavy atom. The number of fused-ring (bicyclic) bond motifs is 1. The molecule has 46 heavy (non-hydrogen) atoms. The fourth-order valence-corrected chi connectivity index (χ4v) is 5.20. The summed E-state index contributed by atoms with van der Waals surface area (Å²) < 4.78 is 38.3. The summed E-state index contributed by atoms with van der Waals surface area (Å²) in [5.74, 6) is -3.05. The van der Waals surface area contributed by atoms with E-state index in [-0.39, 0.29) is 34.2 Å². The molecule has 0 bridgehead atoms. The Labute approximate surface area is 259 Å². The molecule has 2 saturated heterocycles. The Balaban J connectivity index is 1.45. The zero-order chi connectivity index (χ0) is 33.6. The van der Waals surface area contributed by atoms with Crippen molar-refractivity contribution in [1.82, 2.24) is 0 Å². The number of phenols is 2. The van der Waals surface area contributed by atoms with Crippen molar-refractivity contribution >= 4 is 11.0 Å². The molecule has 0 radical (unpaired) electrons. The van der Waals surface area contributed by atoms with Gasteiger partial charge in [-0.25, -0.2) is 0 Å². The second-order valence-corrected chi connectivity index (χ2v) is 10.8. The lowest BCUT2D eigenvalue weighted by atomic mass is 9.98. The van der Waals surface area contributed by atoms with Gasteiger partial charge in [0.2, 0.25) is 23.2 Å². The first-order valence-corrected chi connectivity index (χ1v) is 13.9.